The smallest absolute Gasteiger partial charge is 0.249 e. The Balaban J connectivity index is 1.83. The fourth-order valence-electron chi connectivity index (χ4n) is 2.63. The standard InChI is InChI=1S/C16H20N4O5S3/c1-4-26-16-19-18-15(27-16)17-14(21)10(2)20(28(3,22)23)11-5-6-12-13(9-11)25-8-7-24-12/h5-6,9-10H,4,7-8H2,1-3H3,(H,17,18,21)/t10-/m1/s1. The van der Waals surface area contributed by atoms with E-state index in [0.29, 0.717) is 35.5 Å². The molecular weight excluding hydrogens is 424 g/mol. The molecule has 28 heavy (non-hydrogen) atoms. The molecule has 1 amide bonds. The number of amides is 1. The summed E-state index contributed by atoms with van der Waals surface area (Å²) in [6.07, 6.45) is 1.05. The lowest BCUT2D eigenvalue weighted by molar-refractivity contribution is -0.116. The quantitative estimate of drug-likeness (QED) is 0.511. The molecule has 0 saturated carbocycles. The third kappa shape index (κ3) is 4.67. The van der Waals surface area contributed by atoms with Crippen molar-refractivity contribution in [2.24, 2.45) is 0 Å². The van der Waals surface area contributed by atoms with Gasteiger partial charge in [0, 0.05) is 6.07 Å². The van der Waals surface area contributed by atoms with Gasteiger partial charge < -0.3 is 9.47 Å². The van der Waals surface area contributed by atoms with E-state index in [4.69, 9.17) is 9.47 Å². The summed E-state index contributed by atoms with van der Waals surface area (Å²) in [5, 5.41) is 10.9. The van der Waals surface area contributed by atoms with Gasteiger partial charge in [0.25, 0.3) is 0 Å². The average Bonchev–Trinajstić information content (AvgIpc) is 3.08. The largest absolute Gasteiger partial charge is 0.486 e. The molecule has 0 spiro atoms. The van der Waals surface area contributed by atoms with Gasteiger partial charge in [0.05, 0.1) is 11.9 Å². The lowest BCUT2D eigenvalue weighted by Crippen LogP contribution is -2.45. The number of thioether (sulfide) groups is 1. The minimum atomic E-state index is -3.75. The van der Waals surface area contributed by atoms with E-state index in [-0.39, 0.29) is 0 Å². The molecule has 12 heteroatoms. The molecule has 0 aliphatic carbocycles. The van der Waals surface area contributed by atoms with Gasteiger partial charge in [-0.1, -0.05) is 30.0 Å². The van der Waals surface area contributed by atoms with E-state index in [2.05, 4.69) is 15.5 Å². The van der Waals surface area contributed by atoms with Crippen LogP contribution < -0.4 is 19.1 Å². The predicted octanol–water partition coefficient (Wildman–Crippen LogP) is 2.21. The van der Waals surface area contributed by atoms with Crippen molar-refractivity contribution in [2.75, 3.05) is 34.8 Å². The van der Waals surface area contributed by atoms with Gasteiger partial charge >= 0.3 is 0 Å². The maximum Gasteiger partial charge on any atom is 0.249 e. The fraction of sp³-hybridized carbons (Fsp3) is 0.438. The van der Waals surface area contributed by atoms with E-state index >= 15 is 0 Å². The molecule has 0 bridgehead atoms. The number of ether oxygens (including phenoxy) is 2. The van der Waals surface area contributed by atoms with Gasteiger partial charge in [0.2, 0.25) is 21.1 Å². The molecule has 9 nitrogen and oxygen atoms in total. The predicted molar refractivity (Wildman–Crippen MR) is 109 cm³/mol. The van der Waals surface area contributed by atoms with Gasteiger partial charge in [-0.3, -0.25) is 14.4 Å². The van der Waals surface area contributed by atoms with Gasteiger partial charge in [-0.25, -0.2) is 8.42 Å². The van der Waals surface area contributed by atoms with E-state index in [1.54, 1.807) is 18.2 Å². The molecular formula is C16H20N4O5S3. The number of hydrogen-bond acceptors (Lipinski definition) is 9. The summed E-state index contributed by atoms with van der Waals surface area (Å²) >= 11 is 2.75. The monoisotopic (exact) mass is 444 g/mol. The number of carbonyl (C=O) groups is 1. The minimum Gasteiger partial charge on any atom is -0.486 e. The summed E-state index contributed by atoms with van der Waals surface area (Å²) in [6, 6.07) is 3.76. The molecule has 1 N–H and O–H groups in total. The zero-order chi connectivity index (χ0) is 20.3. The molecule has 1 aliphatic heterocycles. The molecule has 152 valence electrons. The molecule has 1 atom stereocenters. The SMILES string of the molecule is CCSc1nnc(NC(=O)[C@@H](C)N(c2ccc3c(c2)OCCO3)S(C)(=O)=O)s1. The van der Waals surface area contributed by atoms with Crippen LogP contribution in [0.5, 0.6) is 11.5 Å². The van der Waals surface area contributed by atoms with Crippen molar-refractivity contribution in [1.82, 2.24) is 10.2 Å². The van der Waals surface area contributed by atoms with Crippen molar-refractivity contribution in [3.8, 4) is 11.5 Å². The number of aromatic nitrogens is 2. The fourth-order valence-corrected chi connectivity index (χ4v) is 5.45. The molecule has 1 aromatic carbocycles. The first-order valence-electron chi connectivity index (χ1n) is 8.46. The Morgan fingerprint density at radius 2 is 2.04 bits per heavy atom. The zero-order valence-corrected chi connectivity index (χ0v) is 18.0. The van der Waals surface area contributed by atoms with Gasteiger partial charge in [-0.2, -0.15) is 0 Å². The third-order valence-corrected chi connectivity index (χ3v) is 6.87. The Labute approximate surface area is 171 Å². The lowest BCUT2D eigenvalue weighted by atomic mass is 10.2. The number of nitrogens with one attached hydrogen (secondary N) is 1. The van der Waals surface area contributed by atoms with E-state index < -0.39 is 22.0 Å². The summed E-state index contributed by atoms with van der Waals surface area (Å²) in [7, 11) is -3.75. The molecule has 0 fully saturated rings. The van der Waals surface area contributed by atoms with Crippen LogP contribution in [0.4, 0.5) is 10.8 Å². The Hall–Kier alpha value is -2.05. The highest BCUT2D eigenvalue weighted by Gasteiger charge is 2.30. The molecule has 1 aliphatic rings. The Morgan fingerprint density at radius 1 is 1.32 bits per heavy atom. The first-order chi connectivity index (χ1) is 13.3. The van der Waals surface area contributed by atoms with Gasteiger partial charge in [0.1, 0.15) is 19.3 Å². The molecule has 0 unspecified atom stereocenters. The van der Waals surface area contributed by atoms with Crippen molar-refractivity contribution < 1.29 is 22.7 Å². The summed E-state index contributed by atoms with van der Waals surface area (Å²) < 4.78 is 37.6. The first kappa shape index (κ1) is 20.7. The van der Waals surface area contributed by atoms with Crippen molar-refractivity contribution in [2.45, 2.75) is 24.2 Å². The zero-order valence-electron chi connectivity index (χ0n) is 15.5. The summed E-state index contributed by atoms with van der Waals surface area (Å²) in [4.78, 5) is 12.7. The second-order valence-electron chi connectivity index (χ2n) is 5.86. The van der Waals surface area contributed by atoms with Crippen molar-refractivity contribution in [3.63, 3.8) is 0 Å². The van der Waals surface area contributed by atoms with Crippen LogP contribution in [0.3, 0.4) is 0 Å². The lowest BCUT2D eigenvalue weighted by Gasteiger charge is -2.29. The molecule has 0 radical (unpaired) electrons. The third-order valence-electron chi connectivity index (χ3n) is 3.77. The second kappa shape index (κ2) is 8.53. The van der Waals surface area contributed by atoms with Gasteiger partial charge in [-0.05, 0) is 24.8 Å². The van der Waals surface area contributed by atoms with E-state index in [1.165, 1.54) is 30.0 Å². The number of anilines is 2. The van der Waals surface area contributed by atoms with Crippen LogP contribution in [-0.4, -0.2) is 55.8 Å². The summed E-state index contributed by atoms with van der Waals surface area (Å²) in [5.41, 5.74) is 0.314. The maximum atomic E-state index is 12.7. The highest BCUT2D eigenvalue weighted by atomic mass is 32.2. The van der Waals surface area contributed by atoms with Crippen LogP contribution in [0.25, 0.3) is 0 Å². The number of sulfonamides is 1. The molecule has 0 saturated heterocycles. The molecule has 2 heterocycles. The van der Waals surface area contributed by atoms with E-state index in [1.807, 2.05) is 6.92 Å². The maximum absolute atomic E-state index is 12.7. The van der Waals surface area contributed by atoms with Crippen LogP contribution in [-0.2, 0) is 14.8 Å². The highest BCUT2D eigenvalue weighted by Crippen LogP contribution is 2.35. The number of fused-ring (bicyclic) bond motifs is 1. The van der Waals surface area contributed by atoms with E-state index in [9.17, 15) is 13.2 Å². The van der Waals surface area contributed by atoms with Crippen LogP contribution in [0.2, 0.25) is 0 Å². The van der Waals surface area contributed by atoms with Crippen LogP contribution >= 0.6 is 23.1 Å². The van der Waals surface area contributed by atoms with Crippen LogP contribution in [0, 0.1) is 0 Å². The number of nitrogens with zero attached hydrogens (tertiary/aromatic N) is 3. The summed E-state index contributed by atoms with van der Waals surface area (Å²) in [6.45, 7) is 4.31. The van der Waals surface area contributed by atoms with Gasteiger partial charge in [0.15, 0.2) is 15.8 Å². The normalized spacial score (nSPS) is 14.4. The van der Waals surface area contributed by atoms with Gasteiger partial charge in [-0.15, -0.1) is 10.2 Å². The number of rotatable bonds is 7. The first-order valence-corrected chi connectivity index (χ1v) is 12.1. The Bertz CT molecular complexity index is 963. The average molecular weight is 445 g/mol. The van der Waals surface area contributed by atoms with Crippen LogP contribution in [0.1, 0.15) is 13.8 Å². The summed E-state index contributed by atoms with van der Waals surface area (Å²) in [5.74, 6) is 1.31. The Morgan fingerprint density at radius 3 is 2.71 bits per heavy atom. The number of carbonyl (C=O) groups excluding carboxylic acids is 1. The van der Waals surface area contributed by atoms with E-state index in [0.717, 1.165) is 20.7 Å². The van der Waals surface area contributed by atoms with Crippen molar-refractivity contribution in [1.29, 1.82) is 0 Å². The topological polar surface area (TPSA) is 111 Å². The number of hydrogen-bond donors (Lipinski definition) is 1. The Kier molecular flexibility index (Phi) is 6.30. The van der Waals surface area contributed by atoms with Crippen LogP contribution in [0.15, 0.2) is 22.5 Å². The molecule has 1 aromatic heterocycles. The molecule has 2 aromatic rings. The molecule has 3 rings (SSSR count). The highest BCUT2D eigenvalue weighted by molar-refractivity contribution is 8.01. The number of benzene rings is 1. The van der Waals surface area contributed by atoms with Crippen molar-refractivity contribution >= 4 is 49.8 Å². The van der Waals surface area contributed by atoms with Crippen molar-refractivity contribution in [3.05, 3.63) is 18.2 Å². The second-order valence-corrected chi connectivity index (χ2v) is 10.2. The minimum absolute atomic E-state index is 0.314.